The molecule has 21 heavy (non-hydrogen) atoms. The molecular weight excluding hydrogens is 333 g/mol. The van der Waals surface area contributed by atoms with Gasteiger partial charge in [-0.1, -0.05) is 41.1 Å². The Labute approximate surface area is 133 Å². The molecule has 1 atom stereocenters. The van der Waals surface area contributed by atoms with E-state index in [0.29, 0.717) is 11.6 Å². The van der Waals surface area contributed by atoms with Gasteiger partial charge in [0.2, 0.25) is 0 Å². The summed E-state index contributed by atoms with van der Waals surface area (Å²) in [4.78, 5) is 0. The van der Waals surface area contributed by atoms with E-state index in [-0.39, 0.29) is 12.4 Å². The Bertz CT molecular complexity index is 582. The van der Waals surface area contributed by atoms with Gasteiger partial charge in [0, 0.05) is 16.1 Å². The monoisotopic (exact) mass is 351 g/mol. The van der Waals surface area contributed by atoms with Crippen LogP contribution in [0.2, 0.25) is 0 Å². The van der Waals surface area contributed by atoms with Gasteiger partial charge in [0.05, 0.1) is 0 Å². The molecule has 0 fully saturated rings. The third-order valence-corrected chi connectivity index (χ3v) is 3.94. The molecule has 0 aliphatic carbocycles. The summed E-state index contributed by atoms with van der Waals surface area (Å²) in [6, 6.07) is 13.3. The average molecular weight is 352 g/mol. The van der Waals surface area contributed by atoms with Gasteiger partial charge in [-0.05, 0) is 43.3 Å². The highest BCUT2D eigenvalue weighted by Gasteiger charge is 2.07. The fourth-order valence-electron chi connectivity index (χ4n) is 2.20. The number of nitrogens with one attached hydrogen (secondary N) is 1. The van der Waals surface area contributed by atoms with E-state index in [2.05, 4.69) is 28.2 Å². The molecule has 0 aliphatic heterocycles. The number of hydrogen-bond acceptors (Lipinski definition) is 2. The first kappa shape index (κ1) is 16.0. The third kappa shape index (κ3) is 4.29. The van der Waals surface area contributed by atoms with E-state index in [0.717, 1.165) is 16.6 Å². The van der Waals surface area contributed by atoms with Crippen LogP contribution in [0.15, 0.2) is 46.9 Å². The van der Waals surface area contributed by atoms with Gasteiger partial charge in [-0.2, -0.15) is 0 Å². The quantitative estimate of drug-likeness (QED) is 0.803. The average Bonchev–Trinajstić information content (AvgIpc) is 2.49. The van der Waals surface area contributed by atoms with Crippen molar-refractivity contribution in [1.82, 2.24) is 5.32 Å². The van der Waals surface area contributed by atoms with Crippen LogP contribution >= 0.6 is 15.9 Å². The summed E-state index contributed by atoms with van der Waals surface area (Å²) in [5, 5.41) is 3.26. The summed E-state index contributed by atoms with van der Waals surface area (Å²) >= 11 is 3.24. The van der Waals surface area contributed by atoms with Crippen molar-refractivity contribution in [3.63, 3.8) is 0 Å². The van der Waals surface area contributed by atoms with Crippen LogP contribution in [0, 0.1) is 5.82 Å². The number of hydrogen-bond donors (Lipinski definition) is 1. The highest BCUT2D eigenvalue weighted by atomic mass is 79.9. The lowest BCUT2D eigenvalue weighted by molar-refractivity contribution is 0.299. The van der Waals surface area contributed by atoms with E-state index < -0.39 is 0 Å². The first-order valence-corrected chi connectivity index (χ1v) is 7.77. The van der Waals surface area contributed by atoms with Crippen molar-refractivity contribution >= 4 is 15.9 Å². The fourth-order valence-corrected chi connectivity index (χ4v) is 2.54. The third-order valence-electron chi connectivity index (χ3n) is 3.45. The summed E-state index contributed by atoms with van der Waals surface area (Å²) < 4.78 is 20.1. The van der Waals surface area contributed by atoms with Gasteiger partial charge >= 0.3 is 0 Å². The highest BCUT2D eigenvalue weighted by Crippen LogP contribution is 2.21. The first-order chi connectivity index (χ1) is 10.1. The Hall–Kier alpha value is -1.39. The Morgan fingerprint density at radius 1 is 1.19 bits per heavy atom. The Balaban J connectivity index is 2.00. The molecule has 0 saturated carbocycles. The van der Waals surface area contributed by atoms with Gasteiger partial charge in [0.25, 0.3) is 0 Å². The topological polar surface area (TPSA) is 21.3 Å². The van der Waals surface area contributed by atoms with Crippen LogP contribution in [0.1, 0.15) is 30.5 Å². The zero-order valence-electron chi connectivity index (χ0n) is 12.2. The Morgan fingerprint density at radius 2 is 1.90 bits per heavy atom. The molecule has 2 nitrogen and oxygen atoms in total. The maximum absolute atomic E-state index is 13.7. The normalized spacial score (nSPS) is 12.2. The van der Waals surface area contributed by atoms with Crippen molar-refractivity contribution in [2.24, 2.45) is 0 Å². The lowest BCUT2D eigenvalue weighted by Gasteiger charge is -2.15. The van der Waals surface area contributed by atoms with Gasteiger partial charge in [-0.25, -0.2) is 4.39 Å². The van der Waals surface area contributed by atoms with E-state index in [1.165, 1.54) is 11.6 Å². The molecule has 0 bridgehead atoms. The zero-order valence-corrected chi connectivity index (χ0v) is 13.8. The molecule has 0 saturated heterocycles. The van der Waals surface area contributed by atoms with Crippen LogP contribution in [-0.4, -0.2) is 7.05 Å². The molecule has 0 aromatic heterocycles. The summed E-state index contributed by atoms with van der Waals surface area (Å²) in [5.74, 6) is 0.481. The van der Waals surface area contributed by atoms with Crippen molar-refractivity contribution in [2.45, 2.75) is 26.0 Å². The second-order valence-corrected chi connectivity index (χ2v) is 5.76. The van der Waals surface area contributed by atoms with Crippen LogP contribution in [0.4, 0.5) is 4.39 Å². The second-order valence-electron chi connectivity index (χ2n) is 4.84. The molecule has 2 aromatic carbocycles. The van der Waals surface area contributed by atoms with E-state index in [4.69, 9.17) is 4.74 Å². The summed E-state index contributed by atoms with van der Waals surface area (Å²) in [5.41, 5.74) is 1.77. The fraction of sp³-hybridized carbons (Fsp3) is 0.294. The van der Waals surface area contributed by atoms with Crippen LogP contribution in [0.3, 0.4) is 0 Å². The SMILES string of the molecule is CCC(NC)c1ccc(OCc2ccc(Br)cc2F)cc1. The minimum Gasteiger partial charge on any atom is -0.489 e. The number of ether oxygens (including phenoxy) is 1. The molecule has 4 heteroatoms. The maximum atomic E-state index is 13.7. The maximum Gasteiger partial charge on any atom is 0.130 e. The van der Waals surface area contributed by atoms with E-state index in [9.17, 15) is 4.39 Å². The number of rotatable bonds is 6. The first-order valence-electron chi connectivity index (χ1n) is 6.98. The number of halogens is 2. The smallest absolute Gasteiger partial charge is 0.130 e. The molecule has 0 amide bonds. The molecule has 0 aliphatic rings. The molecule has 112 valence electrons. The zero-order chi connectivity index (χ0) is 15.2. The Morgan fingerprint density at radius 3 is 2.48 bits per heavy atom. The molecule has 0 radical (unpaired) electrons. The summed E-state index contributed by atoms with van der Waals surface area (Å²) in [7, 11) is 1.95. The van der Waals surface area contributed by atoms with Gasteiger partial charge < -0.3 is 10.1 Å². The van der Waals surface area contributed by atoms with Crippen molar-refractivity contribution < 1.29 is 9.13 Å². The minimum absolute atomic E-state index is 0.224. The predicted molar refractivity (Wildman–Crippen MR) is 87.0 cm³/mol. The van der Waals surface area contributed by atoms with Gasteiger partial charge in [-0.15, -0.1) is 0 Å². The van der Waals surface area contributed by atoms with E-state index >= 15 is 0 Å². The standard InChI is InChI=1S/C17H19BrFNO/c1-3-17(20-2)12-5-8-15(9-6-12)21-11-13-4-7-14(18)10-16(13)19/h4-10,17,20H,3,11H2,1-2H3. The largest absolute Gasteiger partial charge is 0.489 e. The van der Waals surface area contributed by atoms with Crippen molar-refractivity contribution in [3.8, 4) is 5.75 Å². The molecule has 1 N–H and O–H groups in total. The summed E-state index contributed by atoms with van der Waals surface area (Å²) in [6.45, 7) is 2.36. The van der Waals surface area contributed by atoms with Gasteiger partial charge in [0.1, 0.15) is 18.2 Å². The molecular formula is C17H19BrFNO. The molecule has 2 aromatic rings. The van der Waals surface area contributed by atoms with Crippen LogP contribution in [0.5, 0.6) is 5.75 Å². The molecule has 0 spiro atoms. The molecule has 2 rings (SSSR count). The van der Waals surface area contributed by atoms with E-state index in [1.807, 2.05) is 37.4 Å². The minimum atomic E-state index is -0.262. The lowest BCUT2D eigenvalue weighted by Crippen LogP contribution is -2.14. The van der Waals surface area contributed by atoms with Gasteiger partial charge in [0.15, 0.2) is 0 Å². The predicted octanol–water partition coefficient (Wildman–Crippen LogP) is 4.84. The second kappa shape index (κ2) is 7.57. The lowest BCUT2D eigenvalue weighted by atomic mass is 10.0. The van der Waals surface area contributed by atoms with Crippen molar-refractivity contribution in [3.05, 3.63) is 63.9 Å². The van der Waals surface area contributed by atoms with Crippen LogP contribution in [0.25, 0.3) is 0 Å². The van der Waals surface area contributed by atoms with E-state index in [1.54, 1.807) is 6.07 Å². The van der Waals surface area contributed by atoms with Crippen molar-refractivity contribution in [2.75, 3.05) is 7.05 Å². The summed E-state index contributed by atoms with van der Waals surface area (Å²) in [6.07, 6.45) is 1.03. The van der Waals surface area contributed by atoms with Crippen LogP contribution < -0.4 is 10.1 Å². The van der Waals surface area contributed by atoms with Crippen LogP contribution in [-0.2, 0) is 6.61 Å². The Kier molecular flexibility index (Phi) is 5.76. The van der Waals surface area contributed by atoms with Gasteiger partial charge in [-0.3, -0.25) is 0 Å². The molecule has 1 unspecified atom stereocenters. The molecule has 0 heterocycles. The number of benzene rings is 2. The van der Waals surface area contributed by atoms with Crippen molar-refractivity contribution in [1.29, 1.82) is 0 Å². The highest BCUT2D eigenvalue weighted by molar-refractivity contribution is 9.10.